The van der Waals surface area contributed by atoms with Gasteiger partial charge in [0.25, 0.3) is 0 Å². The molecule has 1 amide bonds. The Morgan fingerprint density at radius 2 is 0.594 bits per heavy atom. The van der Waals surface area contributed by atoms with Crippen molar-refractivity contribution in [2.75, 3.05) is 19.8 Å². The van der Waals surface area contributed by atoms with Gasteiger partial charge in [-0.2, -0.15) is 0 Å². The number of nitrogens with one attached hydrogen (secondary N) is 1. The number of amides is 1. The van der Waals surface area contributed by atoms with Gasteiger partial charge < -0.3 is 65.1 Å². The summed E-state index contributed by atoms with van der Waals surface area (Å²) in [6, 6.07) is -0.826. The number of aliphatic hydroxyl groups excluding tert-OH is 8. The largest absolute Gasteiger partial charge is 0.394 e. The molecule has 572 valence electrons. The van der Waals surface area contributed by atoms with E-state index < -0.39 is 86.8 Å². The van der Waals surface area contributed by atoms with Crippen molar-refractivity contribution >= 4 is 5.91 Å². The molecular formula is C82H161NO13. The van der Waals surface area contributed by atoms with E-state index in [1.807, 2.05) is 0 Å². The minimum Gasteiger partial charge on any atom is -0.394 e. The Morgan fingerprint density at radius 1 is 0.333 bits per heavy atom. The van der Waals surface area contributed by atoms with Crippen LogP contribution in [0.1, 0.15) is 425 Å². The Hall–Kier alpha value is -1.01. The van der Waals surface area contributed by atoms with E-state index in [1.54, 1.807) is 0 Å². The topological polar surface area (TPSA) is 228 Å². The van der Waals surface area contributed by atoms with Crippen LogP contribution in [0.15, 0.2) is 0 Å². The van der Waals surface area contributed by atoms with Crippen LogP contribution in [0.3, 0.4) is 0 Å². The quantitative estimate of drug-likeness (QED) is 0.0259. The van der Waals surface area contributed by atoms with Gasteiger partial charge in [-0.25, -0.2) is 0 Å². The first-order valence-corrected chi connectivity index (χ1v) is 42.3. The maximum absolute atomic E-state index is 13.4. The molecular weight excluding hydrogens is 1210 g/mol. The summed E-state index contributed by atoms with van der Waals surface area (Å²) in [5.74, 6) is -0.194. The van der Waals surface area contributed by atoms with Gasteiger partial charge in [-0.05, 0) is 12.8 Å². The van der Waals surface area contributed by atoms with E-state index in [-0.39, 0.29) is 12.5 Å². The summed E-state index contributed by atoms with van der Waals surface area (Å²) in [4.78, 5) is 13.4. The van der Waals surface area contributed by atoms with Crippen molar-refractivity contribution < 1.29 is 64.6 Å². The summed E-state index contributed by atoms with van der Waals surface area (Å²) in [6.07, 6.45) is 67.4. The van der Waals surface area contributed by atoms with Crippen LogP contribution in [-0.4, -0.2) is 140 Å². The molecule has 0 radical (unpaired) electrons. The van der Waals surface area contributed by atoms with E-state index in [1.165, 1.54) is 347 Å². The molecule has 0 aromatic carbocycles. The Labute approximate surface area is 591 Å². The predicted molar refractivity (Wildman–Crippen MR) is 397 cm³/mol. The summed E-state index contributed by atoms with van der Waals surface area (Å²) < 4.78 is 23.0. The lowest BCUT2D eigenvalue weighted by molar-refractivity contribution is -0.359. The summed E-state index contributed by atoms with van der Waals surface area (Å²) in [6.45, 7) is 2.95. The Bertz CT molecular complexity index is 1610. The smallest absolute Gasteiger partial charge is 0.220 e. The number of carbonyl (C=O) groups is 1. The Kier molecular flexibility index (Phi) is 63.7. The zero-order valence-corrected chi connectivity index (χ0v) is 62.9. The SMILES string of the molecule is CCCCCCCCCCCCCCCCCCCCCCCCCCCCCCCCCCCCCCC(=O)NC(COC1OC(CO)C(OC2OC(CO)C(O)C(O)C2O)C(O)C1O)C(O)CCCCCCCCCCCCCCCCCCCCCCCCCCCC. The first-order valence-electron chi connectivity index (χ1n) is 42.3. The van der Waals surface area contributed by atoms with Crippen molar-refractivity contribution in [1.29, 1.82) is 0 Å². The lowest BCUT2D eigenvalue weighted by Gasteiger charge is -2.46. The van der Waals surface area contributed by atoms with Gasteiger partial charge in [0.2, 0.25) is 5.91 Å². The van der Waals surface area contributed by atoms with E-state index in [0.717, 1.165) is 51.4 Å². The van der Waals surface area contributed by atoms with Crippen LogP contribution in [0, 0.1) is 0 Å². The molecule has 0 bridgehead atoms. The zero-order chi connectivity index (χ0) is 69.4. The fraction of sp³-hybridized carbons (Fsp3) is 0.988. The molecule has 12 atom stereocenters. The van der Waals surface area contributed by atoms with Crippen LogP contribution in [0.5, 0.6) is 0 Å². The maximum Gasteiger partial charge on any atom is 0.220 e. The van der Waals surface area contributed by atoms with Crippen LogP contribution >= 0.6 is 0 Å². The summed E-state index contributed by atoms with van der Waals surface area (Å²) in [7, 11) is 0. The third-order valence-corrected chi connectivity index (χ3v) is 21.3. The first-order chi connectivity index (χ1) is 47.1. The minimum atomic E-state index is -1.78. The lowest BCUT2D eigenvalue weighted by Crippen LogP contribution is -2.65. The van der Waals surface area contributed by atoms with Crippen molar-refractivity contribution in [1.82, 2.24) is 5.32 Å². The van der Waals surface area contributed by atoms with Gasteiger partial charge in [0.1, 0.15) is 48.8 Å². The second kappa shape index (κ2) is 67.2. The summed E-state index contributed by atoms with van der Waals surface area (Å²) >= 11 is 0. The van der Waals surface area contributed by atoms with Crippen molar-refractivity contribution in [3.8, 4) is 0 Å². The summed E-state index contributed by atoms with van der Waals surface area (Å²) in [5, 5.41) is 87.9. The summed E-state index contributed by atoms with van der Waals surface area (Å²) in [5.41, 5.74) is 0. The highest BCUT2D eigenvalue weighted by atomic mass is 16.7. The molecule has 2 rings (SSSR count). The second-order valence-electron chi connectivity index (χ2n) is 30.3. The molecule has 0 aliphatic carbocycles. The standard InChI is InChI=1S/C82H161NO13/c1-3-5-7-9-11-13-15-17-19-21-23-25-27-29-31-32-33-34-35-36-37-38-39-40-42-44-46-48-50-52-54-56-58-60-62-64-66-74(87)83-70(69-93-81-79(92)77(90)80(73(68-85)95-81)96-82-78(91)76(89)75(88)72(67-84)94-82)71(86)65-63-61-59-57-55-53-51-49-47-45-43-41-30-28-26-24-22-20-18-16-14-12-10-8-6-4-2/h70-73,75-82,84-86,88-92H,3-69H2,1-2H3,(H,83,87). The molecule has 2 aliphatic rings. The Morgan fingerprint density at radius 3 is 0.885 bits per heavy atom. The molecule has 2 fully saturated rings. The second-order valence-corrected chi connectivity index (χ2v) is 30.3. The molecule has 14 heteroatoms. The van der Waals surface area contributed by atoms with Gasteiger partial charge in [0.05, 0.1) is 32.0 Å². The maximum atomic E-state index is 13.4. The normalized spacial score (nSPS) is 22.1. The minimum absolute atomic E-state index is 0.194. The van der Waals surface area contributed by atoms with Crippen molar-refractivity contribution in [3.63, 3.8) is 0 Å². The number of carbonyl (C=O) groups excluding carboxylic acids is 1. The molecule has 9 N–H and O–H groups in total. The molecule has 14 nitrogen and oxygen atoms in total. The lowest BCUT2D eigenvalue weighted by atomic mass is 9.97. The van der Waals surface area contributed by atoms with E-state index in [4.69, 9.17) is 18.9 Å². The number of rotatable bonds is 73. The number of aliphatic hydroxyl groups is 8. The van der Waals surface area contributed by atoms with E-state index in [9.17, 15) is 45.6 Å². The van der Waals surface area contributed by atoms with Crippen molar-refractivity contribution in [2.45, 2.75) is 498 Å². The third-order valence-electron chi connectivity index (χ3n) is 21.3. The van der Waals surface area contributed by atoms with Crippen LogP contribution in [0.25, 0.3) is 0 Å². The molecule has 96 heavy (non-hydrogen) atoms. The van der Waals surface area contributed by atoms with Crippen LogP contribution in [0.4, 0.5) is 0 Å². The fourth-order valence-electron chi connectivity index (χ4n) is 14.7. The number of ether oxygens (including phenoxy) is 4. The van der Waals surface area contributed by atoms with Gasteiger partial charge >= 0.3 is 0 Å². The van der Waals surface area contributed by atoms with E-state index >= 15 is 0 Å². The van der Waals surface area contributed by atoms with Crippen LogP contribution < -0.4 is 5.32 Å². The molecule has 0 aromatic heterocycles. The van der Waals surface area contributed by atoms with Gasteiger partial charge in [0, 0.05) is 6.42 Å². The average Bonchev–Trinajstić information content (AvgIpc) is 0.807. The number of hydrogen-bond acceptors (Lipinski definition) is 13. The highest BCUT2D eigenvalue weighted by Crippen LogP contribution is 2.31. The van der Waals surface area contributed by atoms with Gasteiger partial charge in [-0.1, -0.05) is 406 Å². The molecule has 2 saturated heterocycles. The van der Waals surface area contributed by atoms with Gasteiger partial charge in [-0.15, -0.1) is 0 Å². The van der Waals surface area contributed by atoms with Gasteiger partial charge in [-0.3, -0.25) is 4.79 Å². The van der Waals surface area contributed by atoms with E-state index in [2.05, 4.69) is 19.2 Å². The van der Waals surface area contributed by atoms with Gasteiger partial charge in [0.15, 0.2) is 12.6 Å². The third kappa shape index (κ3) is 49.6. The van der Waals surface area contributed by atoms with Crippen LogP contribution in [0.2, 0.25) is 0 Å². The first kappa shape index (κ1) is 91.1. The monoisotopic (exact) mass is 1370 g/mol. The number of hydrogen-bond donors (Lipinski definition) is 9. The molecule has 0 spiro atoms. The van der Waals surface area contributed by atoms with Crippen molar-refractivity contribution in [2.24, 2.45) is 0 Å². The predicted octanol–water partition coefficient (Wildman–Crippen LogP) is 19.5. The highest BCUT2D eigenvalue weighted by molar-refractivity contribution is 5.76. The van der Waals surface area contributed by atoms with Crippen molar-refractivity contribution in [3.05, 3.63) is 0 Å². The average molecular weight is 1370 g/mol. The molecule has 0 saturated carbocycles. The zero-order valence-electron chi connectivity index (χ0n) is 62.9. The molecule has 2 aliphatic heterocycles. The molecule has 12 unspecified atom stereocenters. The number of unbranched alkanes of at least 4 members (excludes halogenated alkanes) is 60. The highest BCUT2D eigenvalue weighted by Gasteiger charge is 2.51. The van der Waals surface area contributed by atoms with Crippen LogP contribution in [-0.2, 0) is 23.7 Å². The Balaban J connectivity index is 1.56. The fourth-order valence-corrected chi connectivity index (χ4v) is 14.7. The molecule has 0 aromatic rings. The molecule has 2 heterocycles. The van der Waals surface area contributed by atoms with E-state index in [0.29, 0.717) is 12.8 Å².